The van der Waals surface area contributed by atoms with Crippen molar-refractivity contribution in [2.75, 3.05) is 18.0 Å². The molecular weight excluding hydrogens is 240 g/mol. The van der Waals surface area contributed by atoms with Gasteiger partial charge in [-0.05, 0) is 30.9 Å². The number of benzene rings is 1. The second-order valence-electron chi connectivity index (χ2n) is 4.97. The fraction of sp³-hybridized carbons (Fsp3) is 0.467. The molecule has 2 rings (SSSR count). The van der Waals surface area contributed by atoms with Gasteiger partial charge in [-0.2, -0.15) is 5.26 Å². The van der Waals surface area contributed by atoms with Crippen molar-refractivity contribution < 1.29 is 9.90 Å². The van der Waals surface area contributed by atoms with Gasteiger partial charge in [-0.3, -0.25) is 4.79 Å². The highest BCUT2D eigenvalue weighted by Gasteiger charge is 2.42. The van der Waals surface area contributed by atoms with Gasteiger partial charge in [0.1, 0.15) is 0 Å². The number of carboxylic acids is 1. The van der Waals surface area contributed by atoms with Gasteiger partial charge in [-0.1, -0.05) is 25.1 Å². The molecule has 100 valence electrons. The molecule has 0 radical (unpaired) electrons. The largest absolute Gasteiger partial charge is 0.480 e. The van der Waals surface area contributed by atoms with Crippen LogP contribution in [-0.2, 0) is 11.2 Å². The molecule has 0 amide bonds. The average molecular weight is 258 g/mol. The number of piperidine rings is 1. The number of aliphatic carboxylic acids is 1. The minimum atomic E-state index is -1.20. The van der Waals surface area contributed by atoms with Crippen LogP contribution in [0.3, 0.4) is 0 Å². The predicted molar refractivity (Wildman–Crippen MR) is 72.9 cm³/mol. The Bertz CT molecular complexity index is 511. The summed E-state index contributed by atoms with van der Waals surface area (Å²) < 4.78 is 0. The molecule has 1 heterocycles. The van der Waals surface area contributed by atoms with Crippen LogP contribution in [0.5, 0.6) is 0 Å². The number of aryl methyl sites for hydroxylation is 1. The van der Waals surface area contributed by atoms with Gasteiger partial charge in [0.05, 0.1) is 6.07 Å². The molecule has 4 heteroatoms. The fourth-order valence-corrected chi connectivity index (χ4v) is 2.62. The molecule has 1 fully saturated rings. The number of nitriles is 1. The number of rotatable bonds is 3. The summed E-state index contributed by atoms with van der Waals surface area (Å²) in [7, 11) is 0. The van der Waals surface area contributed by atoms with E-state index in [2.05, 4.69) is 24.0 Å². The number of hydrogen-bond donors (Lipinski definition) is 1. The SMILES string of the molecule is CCc1ccccc1N1CCC(C#N)(C(=O)O)CC1. The Balaban J connectivity index is 2.16. The summed E-state index contributed by atoms with van der Waals surface area (Å²) >= 11 is 0. The third-order valence-corrected chi connectivity index (χ3v) is 3.95. The molecule has 0 saturated carbocycles. The third kappa shape index (κ3) is 2.41. The molecule has 4 nitrogen and oxygen atoms in total. The number of nitrogens with zero attached hydrogens (tertiary/aromatic N) is 2. The molecule has 1 saturated heterocycles. The minimum absolute atomic E-state index is 0.386. The van der Waals surface area contributed by atoms with Gasteiger partial charge in [-0.15, -0.1) is 0 Å². The number of carbonyl (C=O) groups is 1. The van der Waals surface area contributed by atoms with E-state index < -0.39 is 11.4 Å². The van der Waals surface area contributed by atoms with Crippen molar-refractivity contribution in [2.45, 2.75) is 26.2 Å². The molecule has 1 aliphatic rings. The Morgan fingerprint density at radius 2 is 2.05 bits per heavy atom. The second-order valence-corrected chi connectivity index (χ2v) is 4.97. The molecule has 1 aliphatic heterocycles. The molecule has 1 aromatic carbocycles. The lowest BCUT2D eigenvalue weighted by Crippen LogP contribution is -2.44. The first-order chi connectivity index (χ1) is 9.13. The van der Waals surface area contributed by atoms with Crippen LogP contribution in [0.2, 0.25) is 0 Å². The van der Waals surface area contributed by atoms with Crippen LogP contribution in [0, 0.1) is 16.7 Å². The molecular formula is C15H18N2O2. The summed E-state index contributed by atoms with van der Waals surface area (Å²) in [6.07, 6.45) is 1.72. The first-order valence-corrected chi connectivity index (χ1v) is 6.60. The van der Waals surface area contributed by atoms with E-state index in [9.17, 15) is 9.90 Å². The van der Waals surface area contributed by atoms with Gasteiger partial charge < -0.3 is 10.0 Å². The van der Waals surface area contributed by atoms with Gasteiger partial charge in [0.2, 0.25) is 0 Å². The lowest BCUT2D eigenvalue weighted by Gasteiger charge is -2.36. The molecule has 1 N–H and O–H groups in total. The number of para-hydroxylation sites is 1. The van der Waals surface area contributed by atoms with Crippen molar-refractivity contribution in [3.8, 4) is 6.07 Å². The lowest BCUT2D eigenvalue weighted by atomic mass is 9.79. The molecule has 0 aromatic heterocycles. The molecule has 0 atom stereocenters. The van der Waals surface area contributed by atoms with Gasteiger partial charge >= 0.3 is 5.97 Å². The predicted octanol–water partition coefficient (Wildman–Crippen LogP) is 2.44. The van der Waals surface area contributed by atoms with Gasteiger partial charge in [0, 0.05) is 18.8 Å². The van der Waals surface area contributed by atoms with Crippen LogP contribution in [0.4, 0.5) is 5.69 Å². The summed E-state index contributed by atoms with van der Waals surface area (Å²) in [5, 5.41) is 18.3. The quantitative estimate of drug-likeness (QED) is 0.904. The molecule has 0 aliphatic carbocycles. The smallest absolute Gasteiger partial charge is 0.324 e. The Morgan fingerprint density at radius 3 is 2.58 bits per heavy atom. The average Bonchev–Trinajstić information content (AvgIpc) is 2.47. The van der Waals surface area contributed by atoms with Gasteiger partial charge in [0.15, 0.2) is 5.41 Å². The Labute approximate surface area is 113 Å². The van der Waals surface area contributed by atoms with Crippen LogP contribution >= 0.6 is 0 Å². The van der Waals surface area contributed by atoms with E-state index in [1.807, 2.05) is 18.2 Å². The zero-order valence-corrected chi connectivity index (χ0v) is 11.1. The summed E-state index contributed by atoms with van der Waals surface area (Å²) in [5.74, 6) is -0.988. The summed E-state index contributed by atoms with van der Waals surface area (Å²) in [6, 6.07) is 10.2. The third-order valence-electron chi connectivity index (χ3n) is 3.95. The fourth-order valence-electron chi connectivity index (χ4n) is 2.62. The van der Waals surface area contributed by atoms with E-state index in [1.54, 1.807) is 0 Å². The molecule has 0 spiro atoms. The van der Waals surface area contributed by atoms with E-state index >= 15 is 0 Å². The van der Waals surface area contributed by atoms with Crippen molar-refractivity contribution in [2.24, 2.45) is 5.41 Å². The van der Waals surface area contributed by atoms with E-state index in [1.165, 1.54) is 11.3 Å². The van der Waals surface area contributed by atoms with Crippen LogP contribution in [0.1, 0.15) is 25.3 Å². The lowest BCUT2D eigenvalue weighted by molar-refractivity contribution is -0.146. The monoisotopic (exact) mass is 258 g/mol. The van der Waals surface area contributed by atoms with E-state index in [4.69, 9.17) is 5.26 Å². The minimum Gasteiger partial charge on any atom is -0.480 e. The molecule has 19 heavy (non-hydrogen) atoms. The van der Waals surface area contributed by atoms with Crippen LogP contribution in [0.25, 0.3) is 0 Å². The highest BCUT2D eigenvalue weighted by atomic mass is 16.4. The van der Waals surface area contributed by atoms with Crippen molar-refractivity contribution in [1.82, 2.24) is 0 Å². The van der Waals surface area contributed by atoms with Gasteiger partial charge in [0.25, 0.3) is 0 Å². The molecule has 1 aromatic rings. The maximum atomic E-state index is 11.2. The van der Waals surface area contributed by atoms with Crippen molar-refractivity contribution in [3.05, 3.63) is 29.8 Å². The van der Waals surface area contributed by atoms with Crippen LogP contribution in [-0.4, -0.2) is 24.2 Å². The van der Waals surface area contributed by atoms with E-state index in [0.29, 0.717) is 25.9 Å². The zero-order valence-electron chi connectivity index (χ0n) is 11.1. The molecule has 0 bridgehead atoms. The maximum absolute atomic E-state index is 11.2. The van der Waals surface area contributed by atoms with Crippen LogP contribution < -0.4 is 4.90 Å². The maximum Gasteiger partial charge on any atom is 0.324 e. The van der Waals surface area contributed by atoms with E-state index in [-0.39, 0.29) is 0 Å². The normalized spacial score (nSPS) is 17.8. The highest BCUT2D eigenvalue weighted by Crippen LogP contribution is 2.34. The number of carboxylic acid groups (broad SMARTS) is 1. The summed E-state index contributed by atoms with van der Waals surface area (Å²) in [4.78, 5) is 13.4. The summed E-state index contributed by atoms with van der Waals surface area (Å²) in [6.45, 7) is 3.35. The summed E-state index contributed by atoms with van der Waals surface area (Å²) in [5.41, 5.74) is 1.24. The topological polar surface area (TPSA) is 64.3 Å². The Hall–Kier alpha value is -2.02. The highest BCUT2D eigenvalue weighted by molar-refractivity contribution is 5.78. The van der Waals surface area contributed by atoms with Crippen molar-refractivity contribution >= 4 is 11.7 Å². The number of anilines is 1. The first kappa shape index (κ1) is 13.4. The van der Waals surface area contributed by atoms with Crippen molar-refractivity contribution in [1.29, 1.82) is 5.26 Å². The Kier molecular flexibility index (Phi) is 3.75. The zero-order chi connectivity index (χ0) is 13.9. The molecule has 0 unspecified atom stereocenters. The van der Waals surface area contributed by atoms with Gasteiger partial charge in [-0.25, -0.2) is 0 Å². The van der Waals surface area contributed by atoms with Crippen LogP contribution in [0.15, 0.2) is 24.3 Å². The van der Waals surface area contributed by atoms with E-state index in [0.717, 1.165) is 6.42 Å². The Morgan fingerprint density at radius 1 is 1.42 bits per heavy atom. The van der Waals surface area contributed by atoms with Crippen molar-refractivity contribution in [3.63, 3.8) is 0 Å². The second kappa shape index (κ2) is 5.31. The first-order valence-electron chi connectivity index (χ1n) is 6.60. The standard InChI is InChI=1S/C15H18N2O2/c1-2-12-5-3-4-6-13(12)17-9-7-15(11-16,8-10-17)14(18)19/h3-6H,2,7-10H2,1H3,(H,18,19). The number of hydrogen-bond acceptors (Lipinski definition) is 3.